The van der Waals surface area contributed by atoms with Crippen LogP contribution in [-0.2, 0) is 11.3 Å². The maximum absolute atomic E-state index is 5.41. The lowest BCUT2D eigenvalue weighted by atomic mass is 10.0. The van der Waals surface area contributed by atoms with Gasteiger partial charge in [-0.1, -0.05) is 0 Å². The summed E-state index contributed by atoms with van der Waals surface area (Å²) in [5.41, 5.74) is 1.11. The van der Waals surface area contributed by atoms with Crippen LogP contribution in [0.1, 0.15) is 31.4 Å². The van der Waals surface area contributed by atoms with Crippen molar-refractivity contribution in [3.8, 4) is 0 Å². The van der Waals surface area contributed by atoms with Crippen molar-refractivity contribution in [2.45, 2.75) is 45.2 Å². The molecule has 1 saturated heterocycles. The molecule has 0 radical (unpaired) electrons. The van der Waals surface area contributed by atoms with Gasteiger partial charge in [0.15, 0.2) is 0 Å². The van der Waals surface area contributed by atoms with Crippen molar-refractivity contribution < 1.29 is 4.74 Å². The summed E-state index contributed by atoms with van der Waals surface area (Å²) in [5, 5.41) is 3.52. The van der Waals surface area contributed by atoms with Crippen LogP contribution in [-0.4, -0.2) is 28.8 Å². The first-order valence-electron chi connectivity index (χ1n) is 6.69. The van der Waals surface area contributed by atoms with E-state index in [1.807, 2.05) is 0 Å². The summed E-state index contributed by atoms with van der Waals surface area (Å²) >= 11 is 0. The fraction of sp³-hybridized carbons (Fsp3) is 0.769. The van der Waals surface area contributed by atoms with Gasteiger partial charge in [-0.2, -0.15) is 0 Å². The van der Waals surface area contributed by atoms with Crippen LogP contribution in [0, 0.1) is 12.8 Å². The lowest BCUT2D eigenvalue weighted by Gasteiger charge is -2.23. The summed E-state index contributed by atoms with van der Waals surface area (Å²) in [6, 6.07) is 0.672. The molecule has 4 nitrogen and oxygen atoms in total. The van der Waals surface area contributed by atoms with Crippen molar-refractivity contribution >= 4 is 5.95 Å². The van der Waals surface area contributed by atoms with Crippen molar-refractivity contribution in [3.63, 3.8) is 0 Å². The van der Waals surface area contributed by atoms with Gasteiger partial charge in [-0.15, -0.1) is 0 Å². The van der Waals surface area contributed by atoms with Crippen molar-refractivity contribution in [2.24, 2.45) is 5.92 Å². The third-order valence-corrected chi connectivity index (χ3v) is 3.60. The Balaban J connectivity index is 1.67. The molecule has 0 amide bonds. The summed E-state index contributed by atoms with van der Waals surface area (Å²) < 4.78 is 7.70. The van der Waals surface area contributed by atoms with Gasteiger partial charge in [0.2, 0.25) is 5.95 Å². The van der Waals surface area contributed by atoms with E-state index in [9.17, 15) is 0 Å². The SMILES string of the molecule is Cc1cn(CC2CCOCC2)c(NC2CC2)n1. The number of rotatable bonds is 4. The van der Waals surface area contributed by atoms with Gasteiger partial charge in [0.05, 0.1) is 5.69 Å². The van der Waals surface area contributed by atoms with Crippen LogP contribution >= 0.6 is 0 Å². The molecule has 0 unspecified atom stereocenters. The number of imidazole rings is 1. The minimum atomic E-state index is 0.672. The Bertz CT molecular complexity index is 378. The molecule has 4 heteroatoms. The molecule has 0 atom stereocenters. The van der Waals surface area contributed by atoms with Crippen LogP contribution in [0.15, 0.2) is 6.20 Å². The molecule has 1 aliphatic heterocycles. The number of anilines is 1. The monoisotopic (exact) mass is 235 g/mol. The predicted octanol–water partition coefficient (Wildman–Crippen LogP) is 2.19. The van der Waals surface area contributed by atoms with Crippen LogP contribution in [0.25, 0.3) is 0 Å². The van der Waals surface area contributed by atoms with E-state index in [0.717, 1.165) is 37.3 Å². The van der Waals surface area contributed by atoms with Gasteiger partial charge in [-0.25, -0.2) is 4.98 Å². The largest absolute Gasteiger partial charge is 0.381 e. The Hall–Kier alpha value is -1.03. The van der Waals surface area contributed by atoms with Crippen LogP contribution in [0.5, 0.6) is 0 Å². The number of hydrogen-bond acceptors (Lipinski definition) is 3. The van der Waals surface area contributed by atoms with E-state index in [-0.39, 0.29) is 0 Å². The molecule has 2 heterocycles. The molecule has 0 bridgehead atoms. The van der Waals surface area contributed by atoms with Crippen LogP contribution in [0.4, 0.5) is 5.95 Å². The van der Waals surface area contributed by atoms with Gasteiger partial charge in [-0.05, 0) is 38.5 Å². The fourth-order valence-electron chi connectivity index (χ4n) is 2.42. The number of nitrogens with one attached hydrogen (secondary N) is 1. The molecule has 2 fully saturated rings. The topological polar surface area (TPSA) is 39.1 Å². The van der Waals surface area contributed by atoms with Crippen LogP contribution < -0.4 is 5.32 Å². The van der Waals surface area contributed by atoms with Gasteiger partial charge in [0.25, 0.3) is 0 Å². The lowest BCUT2D eigenvalue weighted by Crippen LogP contribution is -2.21. The second-order valence-electron chi connectivity index (χ2n) is 5.33. The Labute approximate surface area is 102 Å². The average Bonchev–Trinajstić information content (AvgIpc) is 3.06. The molecular formula is C13H21N3O. The number of aryl methyl sites for hydroxylation is 1. The fourth-order valence-corrected chi connectivity index (χ4v) is 2.42. The Morgan fingerprint density at radius 2 is 2.12 bits per heavy atom. The molecule has 1 N–H and O–H groups in total. The third-order valence-electron chi connectivity index (χ3n) is 3.60. The molecule has 2 aliphatic rings. The molecule has 1 saturated carbocycles. The number of nitrogens with zero attached hydrogens (tertiary/aromatic N) is 2. The van der Waals surface area contributed by atoms with E-state index in [2.05, 4.69) is 28.0 Å². The van der Waals surface area contributed by atoms with Gasteiger partial charge < -0.3 is 14.6 Å². The van der Waals surface area contributed by atoms with Gasteiger partial charge in [0.1, 0.15) is 0 Å². The van der Waals surface area contributed by atoms with E-state index < -0.39 is 0 Å². The highest BCUT2D eigenvalue weighted by atomic mass is 16.5. The standard InChI is InChI=1S/C13H21N3O/c1-10-8-16(9-11-4-6-17-7-5-11)13(14-10)15-12-2-3-12/h8,11-12H,2-7,9H2,1H3,(H,14,15). The van der Waals surface area contributed by atoms with E-state index in [1.54, 1.807) is 0 Å². The molecule has 17 heavy (non-hydrogen) atoms. The van der Waals surface area contributed by atoms with Gasteiger partial charge in [0, 0.05) is 32.0 Å². The van der Waals surface area contributed by atoms with E-state index in [4.69, 9.17) is 4.74 Å². The molecular weight excluding hydrogens is 214 g/mol. The summed E-state index contributed by atoms with van der Waals surface area (Å²) in [4.78, 5) is 4.58. The lowest BCUT2D eigenvalue weighted by molar-refractivity contribution is 0.0614. The summed E-state index contributed by atoms with van der Waals surface area (Å²) in [6.07, 6.45) is 7.12. The molecule has 3 rings (SSSR count). The normalized spacial score (nSPS) is 21.7. The highest BCUT2D eigenvalue weighted by molar-refractivity contribution is 5.32. The maximum Gasteiger partial charge on any atom is 0.203 e. The van der Waals surface area contributed by atoms with E-state index in [0.29, 0.717) is 6.04 Å². The average molecular weight is 235 g/mol. The van der Waals surface area contributed by atoms with E-state index in [1.165, 1.54) is 25.7 Å². The molecule has 1 aromatic rings. The van der Waals surface area contributed by atoms with Crippen molar-refractivity contribution in [2.75, 3.05) is 18.5 Å². The van der Waals surface area contributed by atoms with E-state index >= 15 is 0 Å². The zero-order chi connectivity index (χ0) is 11.7. The van der Waals surface area contributed by atoms with Crippen LogP contribution in [0.2, 0.25) is 0 Å². The van der Waals surface area contributed by atoms with Gasteiger partial charge >= 0.3 is 0 Å². The summed E-state index contributed by atoms with van der Waals surface area (Å²) in [7, 11) is 0. The third kappa shape index (κ3) is 2.80. The highest BCUT2D eigenvalue weighted by Crippen LogP contribution is 2.26. The van der Waals surface area contributed by atoms with Crippen molar-refractivity contribution in [3.05, 3.63) is 11.9 Å². The Kier molecular flexibility index (Phi) is 3.05. The first kappa shape index (κ1) is 11.1. The maximum atomic E-state index is 5.41. The summed E-state index contributed by atoms with van der Waals surface area (Å²) in [6.45, 7) is 4.99. The minimum Gasteiger partial charge on any atom is -0.381 e. The quantitative estimate of drug-likeness (QED) is 0.869. The molecule has 1 aliphatic carbocycles. The minimum absolute atomic E-state index is 0.672. The summed E-state index contributed by atoms with van der Waals surface area (Å²) in [5.74, 6) is 1.81. The zero-order valence-electron chi connectivity index (χ0n) is 10.5. The van der Waals surface area contributed by atoms with Gasteiger partial charge in [-0.3, -0.25) is 0 Å². The number of aromatic nitrogens is 2. The van der Waals surface area contributed by atoms with Crippen molar-refractivity contribution in [1.29, 1.82) is 0 Å². The molecule has 0 aromatic carbocycles. The second kappa shape index (κ2) is 4.69. The Morgan fingerprint density at radius 1 is 1.35 bits per heavy atom. The zero-order valence-corrected chi connectivity index (χ0v) is 10.5. The molecule has 1 aromatic heterocycles. The first-order valence-corrected chi connectivity index (χ1v) is 6.69. The number of ether oxygens (including phenoxy) is 1. The molecule has 0 spiro atoms. The number of hydrogen-bond donors (Lipinski definition) is 1. The smallest absolute Gasteiger partial charge is 0.203 e. The first-order chi connectivity index (χ1) is 8.31. The van der Waals surface area contributed by atoms with Crippen LogP contribution in [0.3, 0.4) is 0 Å². The predicted molar refractivity (Wildman–Crippen MR) is 67.2 cm³/mol. The Morgan fingerprint density at radius 3 is 2.82 bits per heavy atom. The van der Waals surface area contributed by atoms with Crippen molar-refractivity contribution in [1.82, 2.24) is 9.55 Å². The molecule has 94 valence electrons. The second-order valence-corrected chi connectivity index (χ2v) is 5.33. The highest BCUT2D eigenvalue weighted by Gasteiger charge is 2.24.